The fourth-order valence-corrected chi connectivity index (χ4v) is 3.92. The van der Waals surface area contributed by atoms with E-state index in [0.29, 0.717) is 6.54 Å². The first-order chi connectivity index (χ1) is 12.7. The number of hydrogen-bond donors (Lipinski definition) is 0. The Morgan fingerprint density at radius 3 is 2.42 bits per heavy atom. The van der Waals surface area contributed by atoms with Crippen LogP contribution in [0.15, 0.2) is 71.2 Å². The highest BCUT2D eigenvalue weighted by Gasteiger charge is 2.15. The molecule has 0 spiro atoms. The summed E-state index contributed by atoms with van der Waals surface area (Å²) in [6.45, 7) is 0.647. The van der Waals surface area contributed by atoms with Crippen LogP contribution in [0.2, 0.25) is 5.02 Å². The summed E-state index contributed by atoms with van der Waals surface area (Å²) in [5, 5.41) is 1.84. The molecular formula is C21H13BrClN3. The van der Waals surface area contributed by atoms with E-state index in [1.54, 1.807) is 0 Å². The molecule has 126 valence electrons. The zero-order valence-electron chi connectivity index (χ0n) is 13.7. The third-order valence-corrected chi connectivity index (χ3v) is 5.46. The monoisotopic (exact) mass is 421 g/mol. The Balaban J connectivity index is 1.87. The third-order valence-electron chi connectivity index (χ3n) is 4.60. The van der Waals surface area contributed by atoms with E-state index in [-0.39, 0.29) is 0 Å². The van der Waals surface area contributed by atoms with E-state index in [0.717, 1.165) is 48.2 Å². The lowest BCUT2D eigenvalue weighted by atomic mass is 10.2. The van der Waals surface area contributed by atoms with E-state index in [9.17, 15) is 0 Å². The molecule has 2 aromatic heterocycles. The van der Waals surface area contributed by atoms with Crippen molar-refractivity contribution in [2.45, 2.75) is 6.54 Å². The second-order valence-electron chi connectivity index (χ2n) is 6.22. The Labute approximate surface area is 163 Å². The Morgan fingerprint density at radius 2 is 1.62 bits per heavy atom. The molecule has 0 N–H and O–H groups in total. The van der Waals surface area contributed by atoms with Crippen LogP contribution in [-0.4, -0.2) is 14.5 Å². The Morgan fingerprint density at radius 1 is 0.885 bits per heavy atom. The zero-order chi connectivity index (χ0) is 17.7. The van der Waals surface area contributed by atoms with Crippen LogP contribution in [0.25, 0.3) is 33.1 Å². The summed E-state index contributed by atoms with van der Waals surface area (Å²) in [4.78, 5) is 9.81. The molecule has 0 saturated carbocycles. The van der Waals surface area contributed by atoms with Gasteiger partial charge in [-0.2, -0.15) is 0 Å². The van der Waals surface area contributed by atoms with Crippen molar-refractivity contribution in [3.05, 3.63) is 81.8 Å². The van der Waals surface area contributed by atoms with Crippen LogP contribution < -0.4 is 0 Å². The Hall–Kier alpha value is -2.43. The minimum absolute atomic E-state index is 0.647. The Kier molecular flexibility index (Phi) is 3.69. The van der Waals surface area contributed by atoms with E-state index in [2.05, 4.69) is 32.6 Å². The van der Waals surface area contributed by atoms with Crippen molar-refractivity contribution in [1.82, 2.24) is 14.5 Å². The molecule has 0 atom stereocenters. The van der Waals surface area contributed by atoms with E-state index in [1.165, 1.54) is 0 Å². The molecule has 0 aliphatic rings. The van der Waals surface area contributed by atoms with Gasteiger partial charge in [0.2, 0.25) is 0 Å². The number of para-hydroxylation sites is 2. The second-order valence-corrected chi connectivity index (χ2v) is 7.55. The van der Waals surface area contributed by atoms with Gasteiger partial charge in [0.25, 0.3) is 0 Å². The summed E-state index contributed by atoms with van der Waals surface area (Å²) < 4.78 is 3.22. The molecule has 5 aromatic rings. The molecule has 26 heavy (non-hydrogen) atoms. The van der Waals surface area contributed by atoms with Gasteiger partial charge < -0.3 is 4.57 Å². The summed E-state index contributed by atoms with van der Waals surface area (Å²) in [6.07, 6.45) is 0. The number of nitrogens with zero attached hydrogens (tertiary/aromatic N) is 3. The summed E-state index contributed by atoms with van der Waals surface area (Å²) in [5.41, 5.74) is 5.73. The van der Waals surface area contributed by atoms with Gasteiger partial charge in [0.1, 0.15) is 5.52 Å². The molecule has 0 radical (unpaired) electrons. The van der Waals surface area contributed by atoms with Gasteiger partial charge >= 0.3 is 0 Å². The van der Waals surface area contributed by atoms with E-state index in [4.69, 9.17) is 21.6 Å². The molecule has 0 amide bonds. The van der Waals surface area contributed by atoms with Crippen molar-refractivity contribution < 1.29 is 0 Å². The minimum atomic E-state index is 0.647. The van der Waals surface area contributed by atoms with Gasteiger partial charge in [0, 0.05) is 14.9 Å². The van der Waals surface area contributed by atoms with Crippen LogP contribution in [-0.2, 0) is 6.54 Å². The predicted molar refractivity (Wildman–Crippen MR) is 111 cm³/mol. The van der Waals surface area contributed by atoms with Crippen molar-refractivity contribution in [2.75, 3.05) is 0 Å². The standard InChI is InChI=1S/C21H13BrClN3/c22-14-9-10-19-15(11-14)20-21(25-18-8-4-3-7-17(18)24-20)26(19)12-13-5-1-2-6-16(13)23/h1-11H,12H2. The van der Waals surface area contributed by atoms with Gasteiger partial charge in [-0.25, -0.2) is 9.97 Å². The summed E-state index contributed by atoms with van der Waals surface area (Å²) in [6, 6.07) is 22.1. The average Bonchev–Trinajstić information content (AvgIpc) is 2.94. The molecular weight excluding hydrogens is 410 g/mol. The lowest BCUT2D eigenvalue weighted by molar-refractivity contribution is 0.857. The highest BCUT2D eigenvalue weighted by molar-refractivity contribution is 9.10. The molecule has 0 bridgehead atoms. The smallest absolute Gasteiger partial charge is 0.160 e. The molecule has 0 unspecified atom stereocenters. The van der Waals surface area contributed by atoms with Crippen molar-refractivity contribution in [3.8, 4) is 0 Å². The molecule has 0 saturated heterocycles. The summed E-state index contributed by atoms with van der Waals surface area (Å²) in [5.74, 6) is 0. The maximum atomic E-state index is 6.41. The second kappa shape index (κ2) is 6.08. The molecule has 0 fully saturated rings. The van der Waals surface area contributed by atoms with Crippen molar-refractivity contribution in [3.63, 3.8) is 0 Å². The van der Waals surface area contributed by atoms with Crippen LogP contribution in [0, 0.1) is 0 Å². The molecule has 2 heterocycles. The molecule has 0 aliphatic heterocycles. The van der Waals surface area contributed by atoms with Crippen LogP contribution in [0.5, 0.6) is 0 Å². The van der Waals surface area contributed by atoms with Crippen LogP contribution in [0.1, 0.15) is 5.56 Å². The zero-order valence-corrected chi connectivity index (χ0v) is 16.0. The van der Waals surface area contributed by atoms with E-state index >= 15 is 0 Å². The number of benzene rings is 3. The lowest BCUT2D eigenvalue weighted by Crippen LogP contribution is -2.01. The molecule has 3 aromatic carbocycles. The van der Waals surface area contributed by atoms with Gasteiger partial charge in [-0.3, -0.25) is 0 Å². The maximum Gasteiger partial charge on any atom is 0.160 e. The average molecular weight is 423 g/mol. The number of rotatable bonds is 2. The predicted octanol–water partition coefficient (Wildman–Crippen LogP) is 6.20. The van der Waals surface area contributed by atoms with Gasteiger partial charge in [0.15, 0.2) is 5.65 Å². The third kappa shape index (κ3) is 2.49. The Bertz CT molecular complexity index is 1290. The van der Waals surface area contributed by atoms with Crippen molar-refractivity contribution in [2.24, 2.45) is 0 Å². The highest BCUT2D eigenvalue weighted by Crippen LogP contribution is 2.31. The van der Waals surface area contributed by atoms with Crippen molar-refractivity contribution in [1.29, 1.82) is 0 Å². The van der Waals surface area contributed by atoms with Crippen LogP contribution in [0.3, 0.4) is 0 Å². The topological polar surface area (TPSA) is 30.7 Å². The fourth-order valence-electron chi connectivity index (χ4n) is 3.36. The largest absolute Gasteiger partial charge is 0.319 e. The summed E-state index contributed by atoms with van der Waals surface area (Å²) in [7, 11) is 0. The molecule has 5 rings (SSSR count). The quantitative estimate of drug-likeness (QED) is 0.339. The number of aromatic nitrogens is 3. The van der Waals surface area contributed by atoms with E-state index < -0.39 is 0 Å². The summed E-state index contributed by atoms with van der Waals surface area (Å²) >= 11 is 9.98. The van der Waals surface area contributed by atoms with Gasteiger partial charge in [-0.1, -0.05) is 57.9 Å². The van der Waals surface area contributed by atoms with Crippen molar-refractivity contribution >= 4 is 60.6 Å². The van der Waals surface area contributed by atoms with Gasteiger partial charge in [0.05, 0.1) is 23.1 Å². The highest BCUT2D eigenvalue weighted by atomic mass is 79.9. The van der Waals surface area contributed by atoms with E-state index in [1.807, 2.05) is 54.6 Å². The molecule has 5 heteroatoms. The van der Waals surface area contributed by atoms with Gasteiger partial charge in [-0.05, 0) is 42.0 Å². The SMILES string of the molecule is Clc1ccccc1Cn1c2ccc(Br)cc2c2nc3ccccc3nc21. The first-order valence-electron chi connectivity index (χ1n) is 8.28. The first-order valence-corrected chi connectivity index (χ1v) is 9.45. The molecule has 0 aliphatic carbocycles. The van der Waals surface area contributed by atoms with Crippen LogP contribution >= 0.6 is 27.5 Å². The lowest BCUT2D eigenvalue weighted by Gasteiger charge is -2.09. The fraction of sp³-hybridized carbons (Fsp3) is 0.0476. The molecule has 3 nitrogen and oxygen atoms in total. The first kappa shape index (κ1) is 15.8. The van der Waals surface area contributed by atoms with Gasteiger partial charge in [-0.15, -0.1) is 0 Å². The minimum Gasteiger partial charge on any atom is -0.319 e. The number of hydrogen-bond acceptors (Lipinski definition) is 2. The normalized spacial score (nSPS) is 11.6. The number of fused-ring (bicyclic) bond motifs is 4. The number of halogens is 2. The van der Waals surface area contributed by atoms with Crippen LogP contribution in [0.4, 0.5) is 0 Å². The maximum absolute atomic E-state index is 6.41.